The minimum absolute atomic E-state index is 0.221. The number of carbonyl (C=O) groups is 1. The van der Waals surface area contributed by atoms with E-state index in [1.54, 1.807) is 12.1 Å². The van der Waals surface area contributed by atoms with E-state index in [1.807, 2.05) is 0 Å². The molecule has 0 saturated carbocycles. The molecule has 1 aromatic rings. The van der Waals surface area contributed by atoms with Gasteiger partial charge in [-0.15, -0.1) is 0 Å². The molecule has 98 valence electrons. The van der Waals surface area contributed by atoms with E-state index >= 15 is 0 Å². The summed E-state index contributed by atoms with van der Waals surface area (Å²) >= 11 is 4.77. The van der Waals surface area contributed by atoms with Gasteiger partial charge in [0.2, 0.25) is 10.0 Å². The van der Waals surface area contributed by atoms with Crippen LogP contribution in [0.1, 0.15) is 5.56 Å². The molecular formula is C10H12N2O4S2. The largest absolute Gasteiger partial charge is 0.468 e. The second-order valence-corrected chi connectivity index (χ2v) is 5.54. The molecule has 0 aliphatic heterocycles. The summed E-state index contributed by atoms with van der Waals surface area (Å²) in [6, 6.07) is 6.17. The molecule has 0 unspecified atom stereocenters. The molecule has 8 heteroatoms. The highest BCUT2D eigenvalue weighted by Gasteiger charge is 2.16. The van der Waals surface area contributed by atoms with Gasteiger partial charge >= 0.3 is 5.97 Å². The fourth-order valence-corrected chi connectivity index (χ4v) is 2.26. The van der Waals surface area contributed by atoms with Gasteiger partial charge in [0.15, 0.2) is 5.75 Å². The zero-order chi connectivity index (χ0) is 13.8. The molecular weight excluding hydrogens is 276 g/mol. The Kier molecular flexibility index (Phi) is 4.62. The summed E-state index contributed by atoms with van der Waals surface area (Å²) in [7, 11) is -2.65. The van der Waals surface area contributed by atoms with Gasteiger partial charge in [-0.05, 0) is 24.3 Å². The molecule has 0 radical (unpaired) electrons. The number of carbonyl (C=O) groups excluding carboxylic acids is 1. The summed E-state index contributed by atoms with van der Waals surface area (Å²) in [6.07, 6.45) is 0. The van der Waals surface area contributed by atoms with E-state index in [0.717, 1.165) is 7.11 Å². The SMILES string of the molecule is COC(=O)CS(=O)(=O)Nc1ccc(C(N)=S)cc1. The lowest BCUT2D eigenvalue weighted by atomic mass is 10.2. The van der Waals surface area contributed by atoms with Crippen LogP contribution in [0, 0.1) is 0 Å². The van der Waals surface area contributed by atoms with Crippen molar-refractivity contribution in [1.29, 1.82) is 0 Å². The van der Waals surface area contributed by atoms with Crippen molar-refractivity contribution in [2.75, 3.05) is 17.6 Å². The van der Waals surface area contributed by atoms with Gasteiger partial charge in [-0.25, -0.2) is 8.42 Å². The Balaban J connectivity index is 2.78. The van der Waals surface area contributed by atoms with Gasteiger partial charge in [0.1, 0.15) is 4.99 Å². The van der Waals surface area contributed by atoms with Crippen LogP contribution in [-0.2, 0) is 19.6 Å². The zero-order valence-corrected chi connectivity index (χ0v) is 11.2. The van der Waals surface area contributed by atoms with E-state index < -0.39 is 21.7 Å². The van der Waals surface area contributed by atoms with Crippen molar-refractivity contribution in [1.82, 2.24) is 0 Å². The molecule has 0 saturated heterocycles. The number of ether oxygens (including phenoxy) is 1. The second kappa shape index (κ2) is 5.78. The van der Waals surface area contributed by atoms with Crippen molar-refractivity contribution >= 4 is 38.9 Å². The number of nitrogens with two attached hydrogens (primary N) is 1. The summed E-state index contributed by atoms with van der Waals surface area (Å²) in [5.74, 6) is -1.57. The smallest absolute Gasteiger partial charge is 0.322 e. The molecule has 0 amide bonds. The average molecular weight is 288 g/mol. The fourth-order valence-electron chi connectivity index (χ4n) is 1.13. The summed E-state index contributed by atoms with van der Waals surface area (Å²) in [5, 5.41) is 0. The van der Waals surface area contributed by atoms with Gasteiger partial charge in [0.25, 0.3) is 0 Å². The Hall–Kier alpha value is -1.67. The molecule has 0 bridgehead atoms. The van der Waals surface area contributed by atoms with Crippen molar-refractivity contribution in [2.45, 2.75) is 0 Å². The van der Waals surface area contributed by atoms with Crippen molar-refractivity contribution in [3.8, 4) is 0 Å². The molecule has 0 aliphatic carbocycles. The van der Waals surface area contributed by atoms with E-state index in [4.69, 9.17) is 18.0 Å². The number of methoxy groups -OCH3 is 1. The average Bonchev–Trinajstić information content (AvgIpc) is 2.28. The van der Waals surface area contributed by atoms with Crippen molar-refractivity contribution in [2.24, 2.45) is 5.73 Å². The molecule has 18 heavy (non-hydrogen) atoms. The van der Waals surface area contributed by atoms with E-state index in [2.05, 4.69) is 9.46 Å². The fraction of sp³-hybridized carbons (Fsp3) is 0.200. The third-order valence-corrected chi connectivity index (χ3v) is 3.38. The van der Waals surface area contributed by atoms with E-state index in [-0.39, 0.29) is 4.99 Å². The molecule has 3 N–H and O–H groups in total. The Morgan fingerprint density at radius 3 is 2.39 bits per heavy atom. The number of hydrogen-bond acceptors (Lipinski definition) is 5. The molecule has 0 aromatic heterocycles. The third-order valence-electron chi connectivity index (χ3n) is 1.98. The van der Waals surface area contributed by atoms with Gasteiger partial charge in [0, 0.05) is 11.3 Å². The highest BCUT2D eigenvalue weighted by atomic mass is 32.2. The first-order valence-corrected chi connectivity index (χ1v) is 6.87. The van der Waals surface area contributed by atoms with Crippen molar-refractivity contribution < 1.29 is 17.9 Å². The summed E-state index contributed by atoms with van der Waals surface area (Å²) in [6.45, 7) is 0. The van der Waals surface area contributed by atoms with Crippen LogP contribution in [0.3, 0.4) is 0 Å². The maximum absolute atomic E-state index is 11.5. The van der Waals surface area contributed by atoms with Crippen LogP contribution < -0.4 is 10.5 Å². The zero-order valence-electron chi connectivity index (χ0n) is 9.54. The topological polar surface area (TPSA) is 98.5 Å². The monoisotopic (exact) mass is 288 g/mol. The van der Waals surface area contributed by atoms with Gasteiger partial charge in [-0.2, -0.15) is 0 Å². The molecule has 0 heterocycles. The van der Waals surface area contributed by atoms with Crippen LogP contribution in [0.5, 0.6) is 0 Å². The molecule has 0 fully saturated rings. The Bertz CT molecular complexity index is 552. The van der Waals surface area contributed by atoms with E-state index in [1.165, 1.54) is 12.1 Å². The Morgan fingerprint density at radius 1 is 1.39 bits per heavy atom. The number of esters is 1. The quantitative estimate of drug-likeness (QED) is 0.594. The van der Waals surface area contributed by atoms with Crippen LogP contribution in [0.2, 0.25) is 0 Å². The third kappa shape index (κ3) is 4.30. The Labute approximate surface area is 110 Å². The van der Waals surface area contributed by atoms with Crippen LogP contribution >= 0.6 is 12.2 Å². The first-order valence-electron chi connectivity index (χ1n) is 4.81. The Morgan fingerprint density at radius 2 is 1.94 bits per heavy atom. The number of sulfonamides is 1. The van der Waals surface area contributed by atoms with E-state index in [9.17, 15) is 13.2 Å². The van der Waals surface area contributed by atoms with Crippen LogP contribution in [-0.4, -0.2) is 32.2 Å². The molecule has 1 rings (SSSR count). The lowest BCUT2D eigenvalue weighted by molar-refractivity contribution is -0.137. The number of hydrogen-bond donors (Lipinski definition) is 2. The molecule has 0 spiro atoms. The van der Waals surface area contributed by atoms with Crippen LogP contribution in [0.15, 0.2) is 24.3 Å². The number of anilines is 1. The minimum Gasteiger partial charge on any atom is -0.468 e. The van der Waals surface area contributed by atoms with Crippen molar-refractivity contribution in [3.05, 3.63) is 29.8 Å². The van der Waals surface area contributed by atoms with E-state index in [0.29, 0.717) is 11.3 Å². The van der Waals surface area contributed by atoms with Gasteiger partial charge in [-0.3, -0.25) is 9.52 Å². The summed E-state index contributed by atoms with van der Waals surface area (Å²) in [4.78, 5) is 11.1. The first-order chi connectivity index (χ1) is 8.34. The lowest BCUT2D eigenvalue weighted by Gasteiger charge is -2.07. The maximum atomic E-state index is 11.5. The van der Waals surface area contributed by atoms with Gasteiger partial charge in [-0.1, -0.05) is 12.2 Å². The standard InChI is InChI=1S/C10H12N2O4S2/c1-16-9(13)6-18(14,15)12-8-4-2-7(3-5-8)10(11)17/h2-5,12H,6H2,1H3,(H2,11,17). The normalized spacial score (nSPS) is 10.7. The molecule has 1 aromatic carbocycles. The second-order valence-electron chi connectivity index (χ2n) is 3.38. The number of nitrogens with one attached hydrogen (secondary N) is 1. The molecule has 6 nitrogen and oxygen atoms in total. The molecule has 0 aliphatic rings. The van der Waals surface area contributed by atoms with Gasteiger partial charge < -0.3 is 10.5 Å². The van der Waals surface area contributed by atoms with Crippen LogP contribution in [0.4, 0.5) is 5.69 Å². The first kappa shape index (κ1) is 14.4. The lowest BCUT2D eigenvalue weighted by Crippen LogP contribution is -2.23. The van der Waals surface area contributed by atoms with Crippen LogP contribution in [0.25, 0.3) is 0 Å². The minimum atomic E-state index is -3.77. The highest BCUT2D eigenvalue weighted by molar-refractivity contribution is 7.93. The maximum Gasteiger partial charge on any atom is 0.322 e. The van der Waals surface area contributed by atoms with Gasteiger partial charge in [0.05, 0.1) is 7.11 Å². The molecule has 0 atom stereocenters. The summed E-state index contributed by atoms with van der Waals surface area (Å²) < 4.78 is 29.6. The number of rotatable bonds is 5. The number of benzene rings is 1. The summed E-state index contributed by atoms with van der Waals surface area (Å²) in [5.41, 5.74) is 6.35. The number of thiocarbonyl (C=S) groups is 1. The highest BCUT2D eigenvalue weighted by Crippen LogP contribution is 2.11. The predicted octanol–water partition coefficient (Wildman–Crippen LogP) is 0.235. The predicted molar refractivity (Wildman–Crippen MR) is 71.8 cm³/mol. The van der Waals surface area contributed by atoms with Crippen molar-refractivity contribution in [3.63, 3.8) is 0 Å².